The number of carbonyl (C=O) groups is 2. The Morgan fingerprint density at radius 1 is 1.11 bits per heavy atom. The fraction of sp³-hybridized carbons (Fsp3) is 0.600. The molecule has 7 heteroatoms. The van der Waals surface area contributed by atoms with Gasteiger partial charge in [-0.1, -0.05) is 24.1 Å². The summed E-state index contributed by atoms with van der Waals surface area (Å²) in [6, 6.07) is 6.33. The third-order valence-electron chi connectivity index (χ3n) is 5.79. The Balaban J connectivity index is 1.65. The monoisotopic (exact) mass is 392 g/mol. The largest absolute Gasteiger partial charge is 0.378 e. The highest BCUT2D eigenvalue weighted by molar-refractivity contribution is 6.31. The van der Waals surface area contributed by atoms with E-state index in [9.17, 15) is 9.59 Å². The first kappa shape index (κ1) is 18.7. The van der Waals surface area contributed by atoms with E-state index >= 15 is 0 Å². The summed E-state index contributed by atoms with van der Waals surface area (Å²) < 4.78 is 11.5. The predicted octanol–water partition coefficient (Wildman–Crippen LogP) is 2.70. The normalized spacial score (nSPS) is 25.0. The second-order valence-corrected chi connectivity index (χ2v) is 7.89. The molecule has 2 amide bonds. The lowest BCUT2D eigenvalue weighted by molar-refractivity contribution is -0.141. The van der Waals surface area contributed by atoms with Crippen LogP contribution < -0.4 is 0 Å². The Kier molecular flexibility index (Phi) is 5.39. The first-order valence-corrected chi connectivity index (χ1v) is 10.1. The van der Waals surface area contributed by atoms with Crippen molar-refractivity contribution in [1.29, 1.82) is 0 Å². The zero-order chi connectivity index (χ0) is 18.9. The Morgan fingerprint density at radius 3 is 2.56 bits per heavy atom. The number of nitrogens with zero attached hydrogens (tertiary/aromatic N) is 2. The Labute approximate surface area is 164 Å². The number of morpholine rings is 1. The van der Waals surface area contributed by atoms with E-state index in [-0.39, 0.29) is 18.4 Å². The number of benzene rings is 1. The van der Waals surface area contributed by atoms with E-state index in [4.69, 9.17) is 21.1 Å². The van der Waals surface area contributed by atoms with E-state index in [1.165, 1.54) is 0 Å². The highest BCUT2D eigenvalue weighted by atomic mass is 35.5. The van der Waals surface area contributed by atoms with Crippen LogP contribution in [0.25, 0.3) is 0 Å². The molecule has 0 bridgehead atoms. The lowest BCUT2D eigenvalue weighted by Gasteiger charge is -2.42. The van der Waals surface area contributed by atoms with Gasteiger partial charge in [-0.15, -0.1) is 0 Å². The van der Waals surface area contributed by atoms with Gasteiger partial charge in [-0.05, 0) is 43.9 Å². The van der Waals surface area contributed by atoms with Crippen LogP contribution in [-0.4, -0.2) is 66.3 Å². The van der Waals surface area contributed by atoms with Gasteiger partial charge in [0.2, 0.25) is 5.91 Å². The summed E-state index contributed by atoms with van der Waals surface area (Å²) in [5.74, 6) is -0.223. The van der Waals surface area contributed by atoms with E-state index in [0.29, 0.717) is 36.9 Å². The van der Waals surface area contributed by atoms with Crippen molar-refractivity contribution in [2.75, 3.05) is 32.9 Å². The molecule has 0 aromatic heterocycles. The Morgan fingerprint density at radius 2 is 1.85 bits per heavy atom. The third kappa shape index (κ3) is 3.58. The maximum Gasteiger partial charge on any atom is 0.256 e. The van der Waals surface area contributed by atoms with Crippen molar-refractivity contribution in [3.8, 4) is 0 Å². The van der Waals surface area contributed by atoms with E-state index < -0.39 is 11.8 Å². The number of hydrogen-bond acceptors (Lipinski definition) is 4. The van der Waals surface area contributed by atoms with Crippen LogP contribution in [0.5, 0.6) is 0 Å². The van der Waals surface area contributed by atoms with Gasteiger partial charge in [-0.25, -0.2) is 0 Å². The number of amides is 2. The highest BCUT2D eigenvalue weighted by Crippen LogP contribution is 2.41. The van der Waals surface area contributed by atoms with E-state index in [0.717, 1.165) is 32.1 Å². The highest BCUT2D eigenvalue weighted by Gasteiger charge is 2.53. The zero-order valence-electron chi connectivity index (χ0n) is 15.4. The van der Waals surface area contributed by atoms with Crippen LogP contribution in [0.4, 0.5) is 0 Å². The molecule has 0 radical (unpaired) electrons. The minimum Gasteiger partial charge on any atom is -0.378 e. The first-order valence-electron chi connectivity index (χ1n) is 9.70. The molecule has 1 aromatic carbocycles. The topological polar surface area (TPSA) is 59.1 Å². The van der Waals surface area contributed by atoms with Gasteiger partial charge in [0.1, 0.15) is 11.8 Å². The van der Waals surface area contributed by atoms with Gasteiger partial charge in [-0.3, -0.25) is 14.5 Å². The summed E-state index contributed by atoms with van der Waals surface area (Å²) in [7, 11) is 0. The summed E-state index contributed by atoms with van der Waals surface area (Å²) in [5, 5.41) is 0.509. The zero-order valence-corrected chi connectivity index (χ0v) is 16.1. The van der Waals surface area contributed by atoms with Crippen LogP contribution in [0.3, 0.4) is 0 Å². The van der Waals surface area contributed by atoms with Crippen molar-refractivity contribution < 1.29 is 19.1 Å². The van der Waals surface area contributed by atoms with Crippen molar-refractivity contribution in [1.82, 2.24) is 9.80 Å². The second kappa shape index (κ2) is 7.78. The summed E-state index contributed by atoms with van der Waals surface area (Å²) in [5.41, 5.74) is -0.178. The molecule has 0 unspecified atom stereocenters. The summed E-state index contributed by atoms with van der Waals surface area (Å²) in [6.07, 6.45) is 4.67. The summed E-state index contributed by atoms with van der Waals surface area (Å²) >= 11 is 6.10. The average molecular weight is 393 g/mol. The summed E-state index contributed by atoms with van der Waals surface area (Å²) in [4.78, 5) is 30.2. The smallest absolute Gasteiger partial charge is 0.256 e. The van der Waals surface area contributed by atoms with Crippen molar-refractivity contribution in [2.24, 2.45) is 0 Å². The van der Waals surface area contributed by atoms with Crippen LogP contribution in [0, 0.1) is 0 Å². The fourth-order valence-electron chi connectivity index (χ4n) is 4.42. The Bertz CT molecular complexity index is 714. The number of rotatable bonds is 2. The van der Waals surface area contributed by atoms with E-state index in [1.54, 1.807) is 34.1 Å². The van der Waals surface area contributed by atoms with Gasteiger partial charge >= 0.3 is 0 Å². The van der Waals surface area contributed by atoms with E-state index in [2.05, 4.69) is 0 Å². The molecule has 6 nitrogen and oxygen atoms in total. The summed E-state index contributed by atoms with van der Waals surface area (Å²) in [6.45, 7) is 2.44. The van der Waals surface area contributed by atoms with Crippen LogP contribution >= 0.6 is 11.6 Å². The van der Waals surface area contributed by atoms with Gasteiger partial charge in [0.25, 0.3) is 5.91 Å². The lowest BCUT2D eigenvalue weighted by atomic mass is 9.89. The molecule has 1 spiro atoms. The van der Waals surface area contributed by atoms with Gasteiger partial charge in [0.15, 0.2) is 0 Å². The van der Waals surface area contributed by atoms with Gasteiger partial charge < -0.3 is 14.4 Å². The SMILES string of the molecule is O=C([C@@H]1COC2(CCCCC2)N1C(=O)c1cccc(Cl)c1)N1CCOCC1. The fourth-order valence-corrected chi connectivity index (χ4v) is 4.61. The van der Waals surface area contributed by atoms with Crippen molar-refractivity contribution in [3.05, 3.63) is 34.9 Å². The molecule has 2 heterocycles. The first-order chi connectivity index (χ1) is 13.1. The van der Waals surface area contributed by atoms with E-state index in [1.807, 2.05) is 0 Å². The second-order valence-electron chi connectivity index (χ2n) is 7.46. The van der Waals surface area contributed by atoms with Gasteiger partial charge in [0.05, 0.1) is 19.8 Å². The molecule has 2 aliphatic heterocycles. The molecule has 4 rings (SSSR count). The lowest BCUT2D eigenvalue weighted by Crippen LogP contribution is -2.58. The van der Waals surface area contributed by atoms with Crippen LogP contribution in [0.1, 0.15) is 42.5 Å². The standard InChI is InChI=1S/C20H25ClN2O4/c21-16-6-4-5-15(13-16)18(24)23-17(19(25)22-9-11-26-12-10-22)14-27-20(23)7-2-1-3-8-20/h4-6,13,17H,1-3,7-12,14H2/t17-/m0/s1. The van der Waals surface area contributed by atoms with Gasteiger partial charge in [0, 0.05) is 23.7 Å². The van der Waals surface area contributed by atoms with Crippen LogP contribution in [-0.2, 0) is 14.3 Å². The molecule has 27 heavy (non-hydrogen) atoms. The number of hydrogen-bond donors (Lipinski definition) is 0. The molecule has 0 N–H and O–H groups in total. The molecular formula is C20H25ClN2O4. The third-order valence-corrected chi connectivity index (χ3v) is 6.03. The predicted molar refractivity (Wildman–Crippen MR) is 101 cm³/mol. The van der Waals surface area contributed by atoms with Gasteiger partial charge in [-0.2, -0.15) is 0 Å². The maximum atomic E-state index is 13.5. The van der Waals surface area contributed by atoms with Crippen molar-refractivity contribution in [2.45, 2.75) is 43.9 Å². The quantitative estimate of drug-likeness (QED) is 0.776. The maximum absolute atomic E-state index is 13.5. The molecule has 2 saturated heterocycles. The molecule has 1 saturated carbocycles. The Hall–Kier alpha value is -1.63. The minimum atomic E-state index is -0.676. The molecule has 3 fully saturated rings. The van der Waals surface area contributed by atoms with Crippen LogP contribution in [0.2, 0.25) is 5.02 Å². The number of carbonyl (C=O) groups excluding carboxylic acids is 2. The molecule has 1 aromatic rings. The average Bonchev–Trinajstić information content (AvgIpc) is 3.06. The number of ether oxygens (including phenoxy) is 2. The molecule has 1 atom stereocenters. The molecule has 3 aliphatic rings. The van der Waals surface area contributed by atoms with Crippen LogP contribution in [0.15, 0.2) is 24.3 Å². The van der Waals surface area contributed by atoms with Crippen molar-refractivity contribution in [3.63, 3.8) is 0 Å². The number of halogens is 1. The molecular weight excluding hydrogens is 368 g/mol. The minimum absolute atomic E-state index is 0.0453. The molecule has 146 valence electrons. The molecule has 1 aliphatic carbocycles. The van der Waals surface area contributed by atoms with Crippen molar-refractivity contribution >= 4 is 23.4 Å².